The minimum atomic E-state index is -3.65. The summed E-state index contributed by atoms with van der Waals surface area (Å²) in [6.07, 6.45) is 2.18. The molecule has 1 fully saturated rings. The van der Waals surface area contributed by atoms with Gasteiger partial charge in [0.2, 0.25) is 0 Å². The minimum Gasteiger partial charge on any atom is -0.379 e. The van der Waals surface area contributed by atoms with Crippen LogP contribution >= 0.6 is 11.3 Å². The summed E-state index contributed by atoms with van der Waals surface area (Å²) in [5.41, 5.74) is 0.347. The van der Waals surface area contributed by atoms with Crippen LogP contribution < -0.4 is 4.90 Å². The van der Waals surface area contributed by atoms with Crippen LogP contribution in [0.1, 0.15) is 10.4 Å². The maximum Gasteiger partial charge on any atom is 0.261 e. The van der Waals surface area contributed by atoms with Crippen LogP contribution in [0.4, 0.5) is 5.13 Å². The maximum absolute atomic E-state index is 13.7. The third-order valence-corrected chi connectivity index (χ3v) is 8.83. The number of aromatic nitrogens is 1. The number of hydrogen-bond donors (Lipinski definition) is 0. The molecule has 1 saturated heterocycles. The summed E-state index contributed by atoms with van der Waals surface area (Å²) in [5, 5.41) is 0.313. The number of para-hydroxylation sites is 1. The molecule has 3 aromatic rings. The molecule has 0 saturated carbocycles. The van der Waals surface area contributed by atoms with Crippen LogP contribution in [-0.4, -0.2) is 84.5 Å². The summed E-state index contributed by atoms with van der Waals surface area (Å²) in [7, 11) is -7.18. The van der Waals surface area contributed by atoms with E-state index in [1.54, 1.807) is 24.3 Å². The lowest BCUT2D eigenvalue weighted by atomic mass is 10.2. The molecule has 1 aliphatic heterocycles. The van der Waals surface area contributed by atoms with Crippen molar-refractivity contribution in [3.05, 3.63) is 48.0 Å². The predicted octanol–water partition coefficient (Wildman–Crippen LogP) is 2.08. The maximum atomic E-state index is 13.7. The SMILES string of the molecule is CS(=O)(=O)c1ccccc1C(=O)N(CCN1CCOCC1)c1nc2c(S(C)(=O)=O)cccc2s1. The summed E-state index contributed by atoms with van der Waals surface area (Å²) in [6.45, 7) is 3.43. The van der Waals surface area contributed by atoms with Gasteiger partial charge < -0.3 is 4.74 Å². The van der Waals surface area contributed by atoms with Gasteiger partial charge in [-0.1, -0.05) is 29.5 Å². The summed E-state index contributed by atoms with van der Waals surface area (Å²) in [5.74, 6) is -0.505. The van der Waals surface area contributed by atoms with E-state index in [0.29, 0.717) is 35.1 Å². The summed E-state index contributed by atoms with van der Waals surface area (Å²) >= 11 is 1.20. The number of carbonyl (C=O) groups excluding carboxylic acids is 1. The van der Waals surface area contributed by atoms with Crippen LogP contribution in [0.15, 0.2) is 52.3 Å². The van der Waals surface area contributed by atoms with E-state index in [1.807, 2.05) is 0 Å². The highest BCUT2D eigenvalue weighted by Gasteiger charge is 2.28. The van der Waals surface area contributed by atoms with Gasteiger partial charge in [-0.15, -0.1) is 0 Å². The molecule has 1 aromatic heterocycles. The van der Waals surface area contributed by atoms with Crippen LogP contribution in [-0.2, 0) is 24.4 Å². The summed E-state index contributed by atoms with van der Waals surface area (Å²) < 4.78 is 55.2. The Hall–Kier alpha value is -2.38. The molecule has 0 bridgehead atoms. The highest BCUT2D eigenvalue weighted by Crippen LogP contribution is 2.33. The molecule has 2 heterocycles. The van der Waals surface area contributed by atoms with Crippen molar-refractivity contribution in [1.82, 2.24) is 9.88 Å². The fraction of sp³-hybridized carbons (Fsp3) is 0.364. The fourth-order valence-corrected chi connectivity index (χ4v) is 6.58. The molecule has 1 aliphatic rings. The molecule has 0 aliphatic carbocycles. The zero-order valence-electron chi connectivity index (χ0n) is 18.8. The van der Waals surface area contributed by atoms with Gasteiger partial charge in [0.25, 0.3) is 5.91 Å². The average Bonchev–Trinajstić information content (AvgIpc) is 3.22. The van der Waals surface area contributed by atoms with Crippen molar-refractivity contribution < 1.29 is 26.4 Å². The fourth-order valence-electron chi connectivity index (χ4n) is 3.79. The second-order valence-electron chi connectivity index (χ2n) is 8.05. The quantitative estimate of drug-likeness (QED) is 0.463. The van der Waals surface area contributed by atoms with Crippen molar-refractivity contribution in [2.24, 2.45) is 0 Å². The van der Waals surface area contributed by atoms with Gasteiger partial charge in [0.15, 0.2) is 24.8 Å². The molecule has 182 valence electrons. The normalized spacial score (nSPS) is 15.5. The first-order chi connectivity index (χ1) is 16.1. The van der Waals surface area contributed by atoms with E-state index in [0.717, 1.165) is 25.6 Å². The first kappa shape index (κ1) is 24.7. The molecule has 4 rings (SSSR count). The minimum absolute atomic E-state index is 0.0505. The standard InChI is InChI=1S/C22H25N3O6S3/c1-33(27,28)18-8-4-3-6-16(18)21(26)25(11-10-24-12-14-31-15-13-24)22-23-20-17(32-22)7-5-9-19(20)34(2,29)30/h3-9H,10-15H2,1-2H3. The molecule has 9 nitrogen and oxygen atoms in total. The van der Waals surface area contributed by atoms with Gasteiger partial charge in [-0.25, -0.2) is 21.8 Å². The Labute approximate surface area is 202 Å². The number of sulfone groups is 2. The zero-order chi connectivity index (χ0) is 24.5. The van der Waals surface area contributed by atoms with E-state index >= 15 is 0 Å². The van der Waals surface area contributed by atoms with E-state index in [1.165, 1.54) is 34.4 Å². The number of morpholine rings is 1. The predicted molar refractivity (Wildman–Crippen MR) is 131 cm³/mol. The Balaban J connectivity index is 1.78. The smallest absolute Gasteiger partial charge is 0.261 e. The van der Waals surface area contributed by atoms with E-state index in [2.05, 4.69) is 9.88 Å². The molecule has 12 heteroatoms. The van der Waals surface area contributed by atoms with E-state index in [9.17, 15) is 21.6 Å². The monoisotopic (exact) mass is 523 g/mol. The first-order valence-corrected chi connectivity index (χ1v) is 15.2. The lowest BCUT2D eigenvalue weighted by molar-refractivity contribution is 0.0391. The molecule has 0 N–H and O–H groups in total. The Morgan fingerprint density at radius 1 is 1.00 bits per heavy atom. The third kappa shape index (κ3) is 5.31. The van der Waals surface area contributed by atoms with Crippen LogP contribution in [0.25, 0.3) is 10.2 Å². The number of benzene rings is 2. The molecule has 2 aromatic carbocycles. The van der Waals surface area contributed by atoms with Gasteiger partial charge in [-0.3, -0.25) is 14.6 Å². The van der Waals surface area contributed by atoms with Gasteiger partial charge >= 0.3 is 0 Å². The Bertz CT molecular complexity index is 1430. The third-order valence-electron chi connectivity index (χ3n) is 5.51. The van der Waals surface area contributed by atoms with Crippen LogP contribution in [0.3, 0.4) is 0 Å². The van der Waals surface area contributed by atoms with Crippen molar-refractivity contribution in [3.63, 3.8) is 0 Å². The summed E-state index contributed by atoms with van der Waals surface area (Å²) in [6, 6.07) is 10.9. The number of nitrogens with zero attached hydrogens (tertiary/aromatic N) is 3. The lowest BCUT2D eigenvalue weighted by Crippen LogP contribution is -2.43. The number of ether oxygens (including phenoxy) is 1. The van der Waals surface area contributed by atoms with Gasteiger partial charge in [0.1, 0.15) is 5.52 Å². The second kappa shape index (κ2) is 9.70. The largest absolute Gasteiger partial charge is 0.379 e. The number of thiazole rings is 1. The average molecular weight is 524 g/mol. The van der Waals surface area contributed by atoms with Gasteiger partial charge in [0.05, 0.1) is 33.3 Å². The second-order valence-corrected chi connectivity index (χ2v) is 13.0. The van der Waals surface area contributed by atoms with Crippen molar-refractivity contribution in [2.45, 2.75) is 9.79 Å². The Kier molecular flexibility index (Phi) is 7.06. The lowest BCUT2D eigenvalue weighted by Gasteiger charge is -2.29. The topological polar surface area (TPSA) is 114 Å². The molecule has 0 atom stereocenters. The van der Waals surface area contributed by atoms with Crippen molar-refractivity contribution in [2.75, 3.05) is 56.8 Å². The Morgan fingerprint density at radius 3 is 2.32 bits per heavy atom. The van der Waals surface area contributed by atoms with Gasteiger partial charge in [-0.05, 0) is 24.3 Å². The molecule has 0 spiro atoms. The van der Waals surface area contributed by atoms with E-state index in [4.69, 9.17) is 4.74 Å². The van der Waals surface area contributed by atoms with E-state index in [-0.39, 0.29) is 21.9 Å². The number of fused-ring (bicyclic) bond motifs is 1. The number of hydrogen-bond acceptors (Lipinski definition) is 9. The molecular formula is C22H25N3O6S3. The van der Waals surface area contributed by atoms with Crippen LogP contribution in [0, 0.1) is 0 Å². The molecular weight excluding hydrogens is 498 g/mol. The number of carbonyl (C=O) groups is 1. The highest BCUT2D eigenvalue weighted by molar-refractivity contribution is 7.91. The van der Waals surface area contributed by atoms with Gasteiger partial charge in [-0.2, -0.15) is 0 Å². The molecule has 0 radical (unpaired) electrons. The molecule has 34 heavy (non-hydrogen) atoms. The highest BCUT2D eigenvalue weighted by atomic mass is 32.2. The van der Waals surface area contributed by atoms with Gasteiger partial charge in [0, 0.05) is 38.7 Å². The molecule has 1 amide bonds. The zero-order valence-corrected chi connectivity index (χ0v) is 21.2. The van der Waals surface area contributed by atoms with Crippen molar-refractivity contribution in [3.8, 4) is 0 Å². The van der Waals surface area contributed by atoms with E-state index < -0.39 is 25.6 Å². The Morgan fingerprint density at radius 2 is 1.65 bits per heavy atom. The number of anilines is 1. The van der Waals surface area contributed by atoms with Crippen LogP contribution in [0.5, 0.6) is 0 Å². The summed E-state index contributed by atoms with van der Waals surface area (Å²) in [4.78, 5) is 21.9. The first-order valence-electron chi connectivity index (χ1n) is 10.6. The van der Waals surface area contributed by atoms with Crippen molar-refractivity contribution >= 4 is 52.3 Å². The van der Waals surface area contributed by atoms with Crippen molar-refractivity contribution in [1.29, 1.82) is 0 Å². The number of amides is 1. The number of rotatable bonds is 7. The molecule has 0 unspecified atom stereocenters. The van der Waals surface area contributed by atoms with Crippen LogP contribution in [0.2, 0.25) is 0 Å².